The fourth-order valence-electron chi connectivity index (χ4n) is 1.29. The summed E-state index contributed by atoms with van der Waals surface area (Å²) in [5, 5.41) is 3.85. The number of hydrogen-bond donors (Lipinski definition) is 0. The van der Waals surface area contributed by atoms with Gasteiger partial charge >= 0.3 is 0 Å². The summed E-state index contributed by atoms with van der Waals surface area (Å²) in [5.41, 5.74) is 1.81. The topological polar surface area (TPSA) is 51.0 Å². The second kappa shape index (κ2) is 3.85. The molecule has 0 radical (unpaired) electrons. The van der Waals surface area contributed by atoms with Crippen molar-refractivity contribution >= 4 is 11.8 Å². The number of aliphatic imine (C=N–C) groups is 1. The van der Waals surface area contributed by atoms with E-state index in [1.807, 2.05) is 30.3 Å². The molecule has 1 aromatic rings. The Kier molecular flexibility index (Phi) is 2.38. The van der Waals surface area contributed by atoms with Gasteiger partial charge in [-0.3, -0.25) is 0 Å². The number of carbonyl (C=O) groups excluding carboxylic acids is 1. The molecule has 0 aromatic heterocycles. The summed E-state index contributed by atoms with van der Waals surface area (Å²) < 4.78 is 0. The first-order valence-electron chi connectivity index (χ1n) is 4.25. The van der Waals surface area contributed by atoms with Gasteiger partial charge in [-0.1, -0.05) is 35.5 Å². The highest BCUT2D eigenvalue weighted by atomic mass is 16.7. The molecule has 4 nitrogen and oxygen atoms in total. The third kappa shape index (κ3) is 1.70. The highest BCUT2D eigenvalue weighted by Gasteiger charge is 2.20. The van der Waals surface area contributed by atoms with E-state index in [4.69, 9.17) is 4.84 Å². The van der Waals surface area contributed by atoms with Gasteiger partial charge in [0.25, 0.3) is 0 Å². The molecule has 1 atom stereocenters. The smallest absolute Gasteiger partial charge is 0.238 e. The van der Waals surface area contributed by atoms with Crippen LogP contribution in [-0.2, 0) is 9.63 Å². The van der Waals surface area contributed by atoms with Crippen molar-refractivity contribution in [2.24, 2.45) is 10.1 Å². The van der Waals surface area contributed by atoms with Crippen LogP contribution >= 0.6 is 0 Å². The zero-order valence-electron chi connectivity index (χ0n) is 7.38. The number of isocyanates is 1. The summed E-state index contributed by atoms with van der Waals surface area (Å²) in [5.74, 6) is 0. The molecule has 0 aliphatic carbocycles. The summed E-state index contributed by atoms with van der Waals surface area (Å²) in [7, 11) is 0. The van der Waals surface area contributed by atoms with Crippen LogP contribution < -0.4 is 0 Å². The quantitative estimate of drug-likeness (QED) is 0.521. The van der Waals surface area contributed by atoms with Crippen LogP contribution in [0.5, 0.6) is 0 Å². The predicted octanol–water partition coefficient (Wildman–Crippen LogP) is 1.47. The Labute approximate surface area is 80.9 Å². The molecule has 0 bridgehead atoms. The Balaban J connectivity index is 2.13. The molecule has 0 fully saturated rings. The van der Waals surface area contributed by atoms with Gasteiger partial charge in [-0.2, -0.15) is 4.99 Å². The van der Waals surface area contributed by atoms with Crippen molar-refractivity contribution in [3.05, 3.63) is 35.9 Å². The lowest BCUT2D eigenvalue weighted by atomic mass is 10.1. The Morgan fingerprint density at radius 3 is 2.93 bits per heavy atom. The van der Waals surface area contributed by atoms with Crippen LogP contribution in [0.15, 0.2) is 40.5 Å². The van der Waals surface area contributed by atoms with Crippen LogP contribution in [-0.4, -0.2) is 18.0 Å². The van der Waals surface area contributed by atoms with Gasteiger partial charge in [0.15, 0.2) is 0 Å². The van der Waals surface area contributed by atoms with E-state index in [1.165, 1.54) is 6.08 Å². The van der Waals surface area contributed by atoms with Crippen LogP contribution in [0.2, 0.25) is 0 Å². The van der Waals surface area contributed by atoms with E-state index in [1.54, 1.807) is 0 Å². The second-order valence-electron chi connectivity index (χ2n) is 2.89. The summed E-state index contributed by atoms with van der Waals surface area (Å²) in [6, 6.07) is 9.66. The van der Waals surface area contributed by atoms with Gasteiger partial charge in [0.05, 0.1) is 12.1 Å². The van der Waals surface area contributed by atoms with Crippen molar-refractivity contribution in [3.63, 3.8) is 0 Å². The van der Waals surface area contributed by atoms with Crippen LogP contribution in [0, 0.1) is 0 Å². The molecule has 0 spiro atoms. The normalized spacial score (nSPS) is 19.4. The lowest BCUT2D eigenvalue weighted by Crippen LogP contribution is -2.04. The molecule has 1 heterocycles. The Bertz CT molecular complexity index is 394. The Morgan fingerprint density at radius 2 is 2.21 bits per heavy atom. The largest absolute Gasteiger partial charge is 0.367 e. The molecule has 0 amide bonds. The fourth-order valence-corrected chi connectivity index (χ4v) is 1.29. The molecule has 4 heteroatoms. The average molecular weight is 188 g/mol. The van der Waals surface area contributed by atoms with E-state index in [0.29, 0.717) is 6.42 Å². The lowest BCUT2D eigenvalue weighted by molar-refractivity contribution is 0.0924. The highest BCUT2D eigenvalue weighted by molar-refractivity contribution is 6.01. The van der Waals surface area contributed by atoms with Gasteiger partial charge in [0.2, 0.25) is 12.3 Å². The van der Waals surface area contributed by atoms with Crippen molar-refractivity contribution in [2.75, 3.05) is 0 Å². The molecular weight excluding hydrogens is 180 g/mol. The van der Waals surface area contributed by atoms with Gasteiger partial charge in [0.1, 0.15) is 0 Å². The minimum Gasteiger partial charge on any atom is -0.367 e. The molecule has 1 aliphatic heterocycles. The summed E-state index contributed by atoms with van der Waals surface area (Å²) in [6.45, 7) is 0. The van der Waals surface area contributed by atoms with E-state index in [0.717, 1.165) is 11.3 Å². The molecule has 0 saturated carbocycles. The van der Waals surface area contributed by atoms with Gasteiger partial charge in [-0.05, 0) is 5.56 Å². The molecular formula is C10H8N2O2. The Morgan fingerprint density at radius 1 is 1.43 bits per heavy atom. The van der Waals surface area contributed by atoms with Crippen molar-refractivity contribution < 1.29 is 9.63 Å². The van der Waals surface area contributed by atoms with Crippen molar-refractivity contribution in [3.8, 4) is 0 Å². The van der Waals surface area contributed by atoms with Gasteiger partial charge in [-0.15, -0.1) is 0 Å². The molecule has 0 saturated heterocycles. The standard InChI is InChI=1S/C10H8N2O2/c13-7-11-10-6-9(12-14-10)8-4-2-1-3-5-8/h1-5,10H,6H2. The molecule has 1 aromatic carbocycles. The van der Waals surface area contributed by atoms with Crippen molar-refractivity contribution in [2.45, 2.75) is 12.6 Å². The first-order valence-corrected chi connectivity index (χ1v) is 4.25. The number of hydrogen-bond acceptors (Lipinski definition) is 4. The maximum Gasteiger partial charge on any atom is 0.238 e. The van der Waals surface area contributed by atoms with Gasteiger partial charge in [0, 0.05) is 0 Å². The maximum absolute atomic E-state index is 9.98. The number of oxime groups is 1. The van der Waals surface area contributed by atoms with Crippen molar-refractivity contribution in [1.29, 1.82) is 0 Å². The van der Waals surface area contributed by atoms with E-state index >= 15 is 0 Å². The van der Waals surface area contributed by atoms with E-state index in [2.05, 4.69) is 10.1 Å². The van der Waals surface area contributed by atoms with Gasteiger partial charge < -0.3 is 4.84 Å². The molecule has 0 N–H and O–H groups in total. The Hall–Kier alpha value is -1.93. The summed E-state index contributed by atoms with van der Waals surface area (Å²) in [6.07, 6.45) is 1.49. The minimum absolute atomic E-state index is 0.497. The van der Waals surface area contributed by atoms with E-state index < -0.39 is 6.23 Å². The van der Waals surface area contributed by atoms with Crippen LogP contribution in [0.1, 0.15) is 12.0 Å². The zero-order chi connectivity index (χ0) is 9.80. The number of rotatable bonds is 2. The lowest BCUT2D eigenvalue weighted by Gasteiger charge is -1.97. The third-order valence-electron chi connectivity index (χ3n) is 1.96. The molecule has 1 aliphatic rings. The SMILES string of the molecule is O=C=NC1CC(c2ccccc2)=NO1. The third-order valence-corrected chi connectivity index (χ3v) is 1.96. The molecule has 2 rings (SSSR count). The highest BCUT2D eigenvalue weighted by Crippen LogP contribution is 2.16. The fraction of sp³-hybridized carbons (Fsp3) is 0.200. The van der Waals surface area contributed by atoms with Crippen LogP contribution in [0.3, 0.4) is 0 Å². The molecule has 14 heavy (non-hydrogen) atoms. The van der Waals surface area contributed by atoms with Crippen LogP contribution in [0.25, 0.3) is 0 Å². The molecule has 1 unspecified atom stereocenters. The minimum atomic E-state index is -0.497. The van der Waals surface area contributed by atoms with E-state index in [-0.39, 0.29) is 0 Å². The monoisotopic (exact) mass is 188 g/mol. The van der Waals surface area contributed by atoms with E-state index in [9.17, 15) is 4.79 Å². The average Bonchev–Trinajstić information content (AvgIpc) is 2.68. The summed E-state index contributed by atoms with van der Waals surface area (Å²) in [4.78, 5) is 18.4. The number of benzene rings is 1. The first-order chi connectivity index (χ1) is 6.90. The summed E-state index contributed by atoms with van der Waals surface area (Å²) >= 11 is 0. The van der Waals surface area contributed by atoms with Crippen molar-refractivity contribution in [1.82, 2.24) is 0 Å². The number of nitrogens with zero attached hydrogens (tertiary/aromatic N) is 2. The molecule has 70 valence electrons. The first kappa shape index (κ1) is 8.66. The zero-order valence-corrected chi connectivity index (χ0v) is 7.38. The second-order valence-corrected chi connectivity index (χ2v) is 2.89. The maximum atomic E-state index is 9.98. The van der Waals surface area contributed by atoms with Crippen LogP contribution in [0.4, 0.5) is 0 Å². The predicted molar refractivity (Wildman–Crippen MR) is 50.6 cm³/mol. The van der Waals surface area contributed by atoms with Gasteiger partial charge in [-0.25, -0.2) is 4.79 Å².